The lowest BCUT2D eigenvalue weighted by atomic mass is 10.2. The largest absolute Gasteiger partial charge is 0.351 e. The second-order valence-corrected chi connectivity index (χ2v) is 6.66. The molecule has 1 unspecified atom stereocenters. The molecule has 0 aliphatic heterocycles. The molecule has 0 saturated heterocycles. The molecule has 84 valence electrons. The first-order valence-electron chi connectivity index (χ1n) is 4.79. The molecule has 0 aromatic carbocycles. The summed E-state index contributed by atoms with van der Waals surface area (Å²) in [5, 5.41) is 4.73. The lowest BCUT2D eigenvalue weighted by Gasteiger charge is -2.08. The van der Waals surface area contributed by atoms with Crippen molar-refractivity contribution in [1.29, 1.82) is 0 Å². The number of alkyl halides is 1. The maximum absolute atomic E-state index is 11.6. The van der Waals surface area contributed by atoms with Gasteiger partial charge in [0, 0.05) is 11.9 Å². The van der Waals surface area contributed by atoms with E-state index in [9.17, 15) is 4.79 Å². The van der Waals surface area contributed by atoms with Crippen molar-refractivity contribution < 1.29 is 4.79 Å². The smallest absolute Gasteiger partial charge is 0.252 e. The van der Waals surface area contributed by atoms with E-state index in [-0.39, 0.29) is 11.3 Å². The number of thiophene rings is 1. The third kappa shape index (κ3) is 4.70. The molecule has 1 amide bonds. The van der Waals surface area contributed by atoms with Crippen LogP contribution in [0.5, 0.6) is 0 Å². The van der Waals surface area contributed by atoms with Crippen molar-refractivity contribution in [1.82, 2.24) is 5.32 Å². The Bertz CT molecular complexity index is 329. The van der Waals surface area contributed by atoms with Crippen LogP contribution in [0.1, 0.15) is 30.1 Å². The van der Waals surface area contributed by atoms with Gasteiger partial charge in [-0.15, -0.1) is 22.9 Å². The van der Waals surface area contributed by atoms with E-state index in [4.69, 9.17) is 11.6 Å². The lowest BCUT2D eigenvalue weighted by Crippen LogP contribution is -2.29. The van der Waals surface area contributed by atoms with Crippen LogP contribution in [0.3, 0.4) is 0 Å². The van der Waals surface area contributed by atoms with Crippen LogP contribution in [0.25, 0.3) is 0 Å². The van der Waals surface area contributed by atoms with E-state index in [2.05, 4.69) is 34.8 Å². The molecule has 5 heteroatoms. The number of rotatable bonds is 5. The minimum absolute atomic E-state index is 0.0316. The van der Waals surface area contributed by atoms with Crippen LogP contribution in [-0.2, 0) is 0 Å². The maximum Gasteiger partial charge on any atom is 0.252 e. The number of halogens is 2. The third-order valence-electron chi connectivity index (χ3n) is 1.92. The average Bonchev–Trinajstić information content (AvgIpc) is 2.62. The van der Waals surface area contributed by atoms with Gasteiger partial charge in [-0.1, -0.05) is 13.3 Å². The second kappa shape index (κ2) is 6.70. The van der Waals surface area contributed by atoms with Gasteiger partial charge in [-0.05, 0) is 35.1 Å². The van der Waals surface area contributed by atoms with Gasteiger partial charge in [0.25, 0.3) is 5.91 Å². The highest BCUT2D eigenvalue weighted by molar-refractivity contribution is 14.1. The zero-order valence-electron chi connectivity index (χ0n) is 8.43. The normalized spacial score (nSPS) is 12.5. The third-order valence-corrected chi connectivity index (χ3v) is 4.08. The Morgan fingerprint density at radius 1 is 1.73 bits per heavy atom. The first-order chi connectivity index (χ1) is 7.13. The Hall–Kier alpha value is 0.190. The fourth-order valence-corrected chi connectivity index (χ4v) is 2.77. The van der Waals surface area contributed by atoms with Gasteiger partial charge < -0.3 is 5.32 Å². The molecule has 0 aliphatic carbocycles. The highest BCUT2D eigenvalue weighted by Crippen LogP contribution is 2.16. The van der Waals surface area contributed by atoms with Crippen molar-refractivity contribution in [2.45, 2.75) is 25.1 Å². The number of hydrogen-bond donors (Lipinski definition) is 1. The molecule has 0 radical (unpaired) electrons. The summed E-state index contributed by atoms with van der Waals surface area (Å²) >= 11 is 9.78. The Morgan fingerprint density at radius 3 is 3.00 bits per heavy atom. The van der Waals surface area contributed by atoms with Gasteiger partial charge in [0.15, 0.2) is 0 Å². The number of carbonyl (C=O) groups excluding carboxylic acids is 1. The minimum Gasteiger partial charge on any atom is -0.351 e. The van der Waals surface area contributed by atoms with Crippen LogP contribution in [-0.4, -0.2) is 17.8 Å². The van der Waals surface area contributed by atoms with E-state index < -0.39 is 0 Å². The van der Waals surface area contributed by atoms with Crippen molar-refractivity contribution in [2.75, 3.05) is 6.54 Å². The highest BCUT2D eigenvalue weighted by atomic mass is 127. The van der Waals surface area contributed by atoms with Gasteiger partial charge in [-0.3, -0.25) is 4.79 Å². The highest BCUT2D eigenvalue weighted by Gasteiger charge is 2.09. The molecule has 1 rings (SSSR count). The minimum atomic E-state index is -0.0316. The average molecular weight is 358 g/mol. The van der Waals surface area contributed by atoms with Crippen molar-refractivity contribution in [3.05, 3.63) is 19.9 Å². The van der Waals surface area contributed by atoms with Crippen molar-refractivity contribution in [3.63, 3.8) is 0 Å². The first-order valence-corrected chi connectivity index (χ1v) is 7.19. The van der Waals surface area contributed by atoms with Crippen molar-refractivity contribution >= 4 is 51.4 Å². The maximum atomic E-state index is 11.6. The van der Waals surface area contributed by atoms with Crippen molar-refractivity contribution in [3.8, 4) is 0 Å². The lowest BCUT2D eigenvalue weighted by molar-refractivity contribution is 0.0953. The SMILES string of the molecule is CCCC(Cl)CNC(=O)c1csc(I)c1. The summed E-state index contributed by atoms with van der Waals surface area (Å²) in [6.45, 7) is 2.62. The molecular weight excluding hydrogens is 345 g/mol. The summed E-state index contributed by atoms with van der Waals surface area (Å²) in [6, 6.07) is 1.88. The van der Waals surface area contributed by atoms with E-state index >= 15 is 0 Å². The molecule has 2 nitrogen and oxygen atoms in total. The standard InChI is InChI=1S/C10H13ClINOS/c1-2-3-8(11)5-13-10(14)7-4-9(12)15-6-7/h4,6,8H,2-3,5H2,1H3,(H,13,14). The van der Waals surface area contributed by atoms with Gasteiger partial charge in [0.05, 0.1) is 13.8 Å². The summed E-state index contributed by atoms with van der Waals surface area (Å²) < 4.78 is 1.12. The van der Waals surface area contributed by atoms with Gasteiger partial charge in [0.1, 0.15) is 0 Å². The zero-order valence-corrected chi connectivity index (χ0v) is 12.2. The molecule has 1 atom stereocenters. The van der Waals surface area contributed by atoms with Gasteiger partial charge in [-0.25, -0.2) is 0 Å². The Kier molecular flexibility index (Phi) is 5.92. The Balaban J connectivity index is 2.36. The molecule has 0 bridgehead atoms. The molecular formula is C10H13ClINOS. The van der Waals surface area contributed by atoms with Crippen LogP contribution in [0, 0.1) is 2.88 Å². The number of amides is 1. The fraction of sp³-hybridized carbons (Fsp3) is 0.500. The molecule has 1 N–H and O–H groups in total. The second-order valence-electron chi connectivity index (χ2n) is 3.24. The monoisotopic (exact) mass is 357 g/mol. The van der Waals surface area contributed by atoms with Gasteiger partial charge >= 0.3 is 0 Å². The molecule has 1 heterocycles. The molecule has 1 aromatic rings. The number of nitrogens with one attached hydrogen (secondary N) is 1. The summed E-state index contributed by atoms with van der Waals surface area (Å²) in [6.07, 6.45) is 1.98. The van der Waals surface area contributed by atoms with Crippen LogP contribution in [0.2, 0.25) is 0 Å². The van der Waals surface area contributed by atoms with E-state index in [1.54, 1.807) is 11.3 Å². The summed E-state index contributed by atoms with van der Waals surface area (Å²) in [4.78, 5) is 11.6. The summed E-state index contributed by atoms with van der Waals surface area (Å²) in [5.41, 5.74) is 0.727. The summed E-state index contributed by atoms with van der Waals surface area (Å²) in [5.74, 6) is -0.0316. The Morgan fingerprint density at radius 2 is 2.47 bits per heavy atom. The fourth-order valence-electron chi connectivity index (χ4n) is 1.15. The molecule has 0 aliphatic rings. The number of carbonyl (C=O) groups is 1. The first kappa shape index (κ1) is 13.3. The predicted octanol–water partition coefficient (Wildman–Crippen LogP) is 3.49. The van der Waals surface area contributed by atoms with Crippen LogP contribution >= 0.6 is 45.5 Å². The van der Waals surface area contributed by atoms with Gasteiger partial charge in [0.2, 0.25) is 0 Å². The van der Waals surface area contributed by atoms with Crippen LogP contribution in [0.4, 0.5) is 0 Å². The predicted molar refractivity (Wildman–Crippen MR) is 73.9 cm³/mol. The van der Waals surface area contributed by atoms with E-state index in [0.29, 0.717) is 6.54 Å². The van der Waals surface area contributed by atoms with Crippen molar-refractivity contribution in [2.24, 2.45) is 0 Å². The van der Waals surface area contributed by atoms with E-state index in [1.807, 2.05) is 11.4 Å². The van der Waals surface area contributed by atoms with Gasteiger partial charge in [-0.2, -0.15) is 0 Å². The Labute approximate surface area is 113 Å². The van der Waals surface area contributed by atoms with E-state index in [1.165, 1.54) is 0 Å². The number of hydrogen-bond acceptors (Lipinski definition) is 2. The van der Waals surface area contributed by atoms with Crippen LogP contribution in [0.15, 0.2) is 11.4 Å². The van der Waals surface area contributed by atoms with E-state index in [0.717, 1.165) is 21.3 Å². The molecule has 15 heavy (non-hydrogen) atoms. The molecule has 0 saturated carbocycles. The molecule has 0 fully saturated rings. The quantitative estimate of drug-likeness (QED) is 0.634. The van der Waals surface area contributed by atoms with Crippen LogP contribution < -0.4 is 5.32 Å². The molecule has 1 aromatic heterocycles. The topological polar surface area (TPSA) is 29.1 Å². The summed E-state index contributed by atoms with van der Waals surface area (Å²) in [7, 11) is 0. The zero-order chi connectivity index (χ0) is 11.3. The molecule has 0 spiro atoms.